The van der Waals surface area contributed by atoms with Gasteiger partial charge in [0.25, 0.3) is 0 Å². The maximum Gasteiger partial charge on any atom is 0.224 e. The molecule has 0 bridgehead atoms. The molecule has 4 heteroatoms. The SMILES string of the molecule is CNCC(C)C(=O)NCC(C)COC. The van der Waals surface area contributed by atoms with Crippen LogP contribution in [0.25, 0.3) is 0 Å². The molecule has 0 rings (SSSR count). The Hall–Kier alpha value is -0.610. The summed E-state index contributed by atoms with van der Waals surface area (Å²) in [5, 5.41) is 5.87. The molecule has 0 spiro atoms. The summed E-state index contributed by atoms with van der Waals surface area (Å²) in [4.78, 5) is 11.4. The molecule has 0 saturated heterocycles. The number of carbonyl (C=O) groups is 1. The summed E-state index contributed by atoms with van der Waals surface area (Å²) in [6.45, 7) is 6.03. The molecule has 84 valence electrons. The molecule has 0 saturated carbocycles. The molecule has 0 aliphatic heterocycles. The van der Waals surface area contributed by atoms with Crippen molar-refractivity contribution in [1.82, 2.24) is 10.6 Å². The van der Waals surface area contributed by atoms with Gasteiger partial charge in [0.2, 0.25) is 5.91 Å². The van der Waals surface area contributed by atoms with E-state index in [-0.39, 0.29) is 11.8 Å². The van der Waals surface area contributed by atoms with Crippen molar-refractivity contribution >= 4 is 5.91 Å². The van der Waals surface area contributed by atoms with Gasteiger partial charge in [-0.05, 0) is 13.0 Å². The van der Waals surface area contributed by atoms with Crippen LogP contribution in [0, 0.1) is 11.8 Å². The van der Waals surface area contributed by atoms with E-state index in [2.05, 4.69) is 10.6 Å². The van der Waals surface area contributed by atoms with E-state index in [0.29, 0.717) is 25.6 Å². The van der Waals surface area contributed by atoms with Crippen molar-refractivity contribution in [2.24, 2.45) is 11.8 Å². The summed E-state index contributed by atoms with van der Waals surface area (Å²) < 4.78 is 4.98. The molecule has 0 aromatic carbocycles. The van der Waals surface area contributed by atoms with E-state index in [1.54, 1.807) is 7.11 Å². The van der Waals surface area contributed by atoms with E-state index in [9.17, 15) is 4.79 Å². The number of methoxy groups -OCH3 is 1. The highest BCUT2D eigenvalue weighted by atomic mass is 16.5. The number of amides is 1. The molecule has 4 nitrogen and oxygen atoms in total. The van der Waals surface area contributed by atoms with Gasteiger partial charge >= 0.3 is 0 Å². The molecule has 2 unspecified atom stereocenters. The van der Waals surface area contributed by atoms with Gasteiger partial charge in [-0.25, -0.2) is 0 Å². The van der Waals surface area contributed by atoms with Crippen LogP contribution in [0.4, 0.5) is 0 Å². The molecule has 0 aromatic heterocycles. The first-order valence-corrected chi connectivity index (χ1v) is 5.03. The minimum Gasteiger partial charge on any atom is -0.384 e. The van der Waals surface area contributed by atoms with Gasteiger partial charge in [-0.15, -0.1) is 0 Å². The first-order chi connectivity index (χ1) is 6.61. The van der Waals surface area contributed by atoms with E-state index >= 15 is 0 Å². The number of hydrogen-bond donors (Lipinski definition) is 2. The van der Waals surface area contributed by atoms with Crippen LogP contribution in [-0.4, -0.2) is 39.8 Å². The Kier molecular flexibility index (Phi) is 7.42. The number of ether oxygens (including phenoxy) is 1. The maximum atomic E-state index is 11.4. The summed E-state index contributed by atoms with van der Waals surface area (Å²) in [7, 11) is 3.51. The normalized spacial score (nSPS) is 14.9. The van der Waals surface area contributed by atoms with Gasteiger partial charge in [0.1, 0.15) is 0 Å². The molecule has 0 heterocycles. The fourth-order valence-electron chi connectivity index (χ4n) is 1.19. The van der Waals surface area contributed by atoms with Crippen molar-refractivity contribution in [2.45, 2.75) is 13.8 Å². The molecule has 0 aliphatic carbocycles. The lowest BCUT2D eigenvalue weighted by Gasteiger charge is -2.14. The molecule has 2 N–H and O–H groups in total. The number of carbonyl (C=O) groups excluding carboxylic acids is 1. The smallest absolute Gasteiger partial charge is 0.224 e. The quantitative estimate of drug-likeness (QED) is 0.622. The molecule has 0 fully saturated rings. The predicted octanol–water partition coefficient (Wildman–Crippen LogP) is 0.241. The lowest BCUT2D eigenvalue weighted by Crippen LogP contribution is -2.37. The zero-order valence-corrected chi connectivity index (χ0v) is 9.59. The average Bonchev–Trinajstić information content (AvgIpc) is 2.15. The van der Waals surface area contributed by atoms with Gasteiger partial charge in [-0.2, -0.15) is 0 Å². The van der Waals surface area contributed by atoms with Crippen molar-refractivity contribution in [3.05, 3.63) is 0 Å². The first kappa shape index (κ1) is 13.4. The van der Waals surface area contributed by atoms with Crippen molar-refractivity contribution in [3.63, 3.8) is 0 Å². The van der Waals surface area contributed by atoms with Crippen molar-refractivity contribution in [1.29, 1.82) is 0 Å². The summed E-state index contributed by atoms with van der Waals surface area (Å²) in [6, 6.07) is 0. The average molecular weight is 202 g/mol. The van der Waals surface area contributed by atoms with E-state index in [0.717, 1.165) is 0 Å². The number of rotatable bonds is 7. The Morgan fingerprint density at radius 3 is 2.50 bits per heavy atom. The highest BCUT2D eigenvalue weighted by Crippen LogP contribution is 1.95. The van der Waals surface area contributed by atoms with Gasteiger partial charge in [-0.1, -0.05) is 13.8 Å². The Morgan fingerprint density at radius 1 is 1.36 bits per heavy atom. The van der Waals surface area contributed by atoms with Crippen molar-refractivity contribution in [2.75, 3.05) is 33.9 Å². The van der Waals surface area contributed by atoms with Crippen molar-refractivity contribution < 1.29 is 9.53 Å². The van der Waals surface area contributed by atoms with E-state index in [1.807, 2.05) is 20.9 Å². The third-order valence-corrected chi connectivity index (χ3v) is 2.03. The Bertz CT molecular complexity index is 162. The summed E-state index contributed by atoms with van der Waals surface area (Å²) in [5.41, 5.74) is 0. The summed E-state index contributed by atoms with van der Waals surface area (Å²) >= 11 is 0. The first-order valence-electron chi connectivity index (χ1n) is 5.03. The van der Waals surface area contributed by atoms with Crippen LogP contribution < -0.4 is 10.6 Å². The molecule has 0 aromatic rings. The van der Waals surface area contributed by atoms with Crippen molar-refractivity contribution in [3.8, 4) is 0 Å². The Balaban J connectivity index is 3.61. The zero-order valence-electron chi connectivity index (χ0n) is 9.59. The standard InChI is InChI=1S/C10H22N2O2/c1-8(7-14-4)5-12-10(13)9(2)6-11-3/h8-9,11H,5-7H2,1-4H3,(H,12,13). The monoisotopic (exact) mass is 202 g/mol. The van der Waals surface area contributed by atoms with Gasteiger partial charge in [0, 0.05) is 26.1 Å². The molecular weight excluding hydrogens is 180 g/mol. The van der Waals surface area contributed by atoms with E-state index in [1.165, 1.54) is 0 Å². The Labute approximate surface area is 86.4 Å². The Morgan fingerprint density at radius 2 is 2.00 bits per heavy atom. The van der Waals surface area contributed by atoms with E-state index in [4.69, 9.17) is 4.74 Å². The van der Waals surface area contributed by atoms with E-state index < -0.39 is 0 Å². The molecule has 2 atom stereocenters. The third-order valence-electron chi connectivity index (χ3n) is 2.03. The minimum atomic E-state index is 0.0229. The largest absolute Gasteiger partial charge is 0.384 e. The third kappa shape index (κ3) is 5.94. The fraction of sp³-hybridized carbons (Fsp3) is 0.900. The fourth-order valence-corrected chi connectivity index (χ4v) is 1.19. The molecule has 1 amide bonds. The lowest BCUT2D eigenvalue weighted by molar-refractivity contribution is -0.124. The topological polar surface area (TPSA) is 50.4 Å². The zero-order chi connectivity index (χ0) is 11.0. The molecule has 14 heavy (non-hydrogen) atoms. The van der Waals surface area contributed by atoms with Crippen LogP contribution >= 0.6 is 0 Å². The van der Waals surface area contributed by atoms with Gasteiger partial charge in [-0.3, -0.25) is 4.79 Å². The number of hydrogen-bond acceptors (Lipinski definition) is 3. The second kappa shape index (κ2) is 7.76. The van der Waals surface area contributed by atoms with Gasteiger partial charge in [0.05, 0.1) is 6.61 Å². The molecule has 0 aliphatic rings. The van der Waals surface area contributed by atoms with Crippen LogP contribution in [0.1, 0.15) is 13.8 Å². The second-order valence-electron chi connectivity index (χ2n) is 3.76. The number of nitrogens with one attached hydrogen (secondary N) is 2. The summed E-state index contributed by atoms with van der Waals surface area (Å²) in [6.07, 6.45) is 0. The van der Waals surface area contributed by atoms with Crippen LogP contribution in [0.2, 0.25) is 0 Å². The van der Waals surface area contributed by atoms with Crippen LogP contribution in [0.3, 0.4) is 0 Å². The lowest BCUT2D eigenvalue weighted by atomic mass is 10.1. The predicted molar refractivity (Wildman–Crippen MR) is 57.1 cm³/mol. The molecule has 0 radical (unpaired) electrons. The maximum absolute atomic E-state index is 11.4. The second-order valence-corrected chi connectivity index (χ2v) is 3.76. The van der Waals surface area contributed by atoms with Gasteiger partial charge in [0.15, 0.2) is 0 Å². The molecular formula is C10H22N2O2. The highest BCUT2D eigenvalue weighted by Gasteiger charge is 2.12. The summed E-state index contributed by atoms with van der Waals surface area (Å²) in [5.74, 6) is 0.489. The van der Waals surface area contributed by atoms with Crippen LogP contribution in [0.15, 0.2) is 0 Å². The minimum absolute atomic E-state index is 0.0229. The van der Waals surface area contributed by atoms with Crippen LogP contribution in [0.5, 0.6) is 0 Å². The highest BCUT2D eigenvalue weighted by molar-refractivity contribution is 5.78. The van der Waals surface area contributed by atoms with Crippen LogP contribution in [-0.2, 0) is 9.53 Å². The van der Waals surface area contributed by atoms with Gasteiger partial charge < -0.3 is 15.4 Å².